The molecule has 0 spiro atoms. The zero-order valence-electron chi connectivity index (χ0n) is 13.1. The maximum Gasteiger partial charge on any atom is 0.306 e. The molecule has 0 bridgehead atoms. The van der Waals surface area contributed by atoms with E-state index in [0.29, 0.717) is 5.02 Å². The molecule has 1 N–H and O–H groups in total. The molecule has 2 aromatic carbocycles. The van der Waals surface area contributed by atoms with Gasteiger partial charge in [0.1, 0.15) is 0 Å². The number of hydrogen-bond donors (Lipinski definition) is 1. The fourth-order valence-corrected chi connectivity index (χ4v) is 2.59. The molecule has 7 heteroatoms. The molecule has 0 unspecified atom stereocenters. The molecule has 0 saturated heterocycles. The van der Waals surface area contributed by atoms with E-state index in [2.05, 4.69) is 5.32 Å². The van der Waals surface area contributed by atoms with E-state index in [1.165, 1.54) is 6.07 Å². The molecule has 2 rings (SSSR count). The molecule has 0 aromatic heterocycles. The van der Waals surface area contributed by atoms with Crippen LogP contribution >= 0.6 is 11.6 Å². The van der Waals surface area contributed by atoms with Gasteiger partial charge in [0.2, 0.25) is 11.7 Å². The number of carbonyl (C=O) groups is 1. The Morgan fingerprint density at radius 2 is 1.83 bits per heavy atom. The maximum absolute atomic E-state index is 13.4. The standard InChI is InChI=1S/C17H16ClFN2O3/c1-10(2)16(11-3-5-12(18)6-4-11)17(22)20-13-7-8-14(19)15(9-13)21(23)24/h3-10,16H,1-2H3,(H,20,22)/t16-/m1/s1. The molecule has 0 aliphatic carbocycles. The second kappa shape index (κ2) is 7.40. The molecule has 0 radical (unpaired) electrons. The van der Waals surface area contributed by atoms with Crippen LogP contribution in [-0.4, -0.2) is 10.8 Å². The van der Waals surface area contributed by atoms with Crippen molar-refractivity contribution in [1.29, 1.82) is 0 Å². The number of nitrogens with one attached hydrogen (secondary N) is 1. The topological polar surface area (TPSA) is 72.2 Å². The fourth-order valence-electron chi connectivity index (χ4n) is 2.46. The Bertz CT molecular complexity index is 763. The van der Waals surface area contributed by atoms with Crippen molar-refractivity contribution in [2.75, 3.05) is 5.32 Å². The number of anilines is 1. The average Bonchev–Trinajstić information content (AvgIpc) is 2.50. The number of hydrogen-bond acceptors (Lipinski definition) is 3. The molecule has 0 aliphatic heterocycles. The van der Waals surface area contributed by atoms with Crippen molar-refractivity contribution in [3.63, 3.8) is 0 Å². The second-order valence-corrected chi connectivity index (χ2v) is 6.12. The van der Waals surface area contributed by atoms with E-state index in [1.54, 1.807) is 24.3 Å². The third-order valence-electron chi connectivity index (χ3n) is 3.59. The summed E-state index contributed by atoms with van der Waals surface area (Å²) in [5, 5.41) is 14.0. The Kier molecular flexibility index (Phi) is 5.51. The van der Waals surface area contributed by atoms with Crippen molar-refractivity contribution in [3.8, 4) is 0 Å². The molecule has 126 valence electrons. The number of nitrogens with zero attached hydrogens (tertiary/aromatic N) is 1. The minimum Gasteiger partial charge on any atom is -0.325 e. The molecule has 0 saturated carbocycles. The Morgan fingerprint density at radius 1 is 1.21 bits per heavy atom. The van der Waals surface area contributed by atoms with Crippen LogP contribution in [0.2, 0.25) is 5.02 Å². The summed E-state index contributed by atoms with van der Waals surface area (Å²) in [6, 6.07) is 10.2. The first-order valence-electron chi connectivity index (χ1n) is 7.30. The molecule has 1 amide bonds. The van der Waals surface area contributed by atoms with Gasteiger partial charge >= 0.3 is 5.69 Å². The van der Waals surface area contributed by atoms with Crippen LogP contribution in [0.4, 0.5) is 15.8 Å². The first-order valence-corrected chi connectivity index (χ1v) is 7.67. The molecule has 0 fully saturated rings. The van der Waals surface area contributed by atoms with Gasteiger partial charge in [-0.3, -0.25) is 14.9 Å². The smallest absolute Gasteiger partial charge is 0.306 e. The Morgan fingerprint density at radius 3 is 2.38 bits per heavy atom. The normalized spacial score (nSPS) is 12.0. The minimum atomic E-state index is -0.948. The van der Waals surface area contributed by atoms with Crippen LogP contribution in [0.25, 0.3) is 0 Å². The van der Waals surface area contributed by atoms with Crippen LogP contribution in [0.1, 0.15) is 25.3 Å². The summed E-state index contributed by atoms with van der Waals surface area (Å²) in [4.78, 5) is 22.6. The summed E-state index contributed by atoms with van der Waals surface area (Å²) in [6.45, 7) is 3.79. The van der Waals surface area contributed by atoms with Crippen LogP contribution in [0.3, 0.4) is 0 Å². The minimum absolute atomic E-state index is 0.0124. The van der Waals surface area contributed by atoms with E-state index in [-0.39, 0.29) is 17.5 Å². The molecular formula is C17H16ClFN2O3. The third-order valence-corrected chi connectivity index (χ3v) is 3.84. The van der Waals surface area contributed by atoms with Gasteiger partial charge in [-0.05, 0) is 35.7 Å². The third kappa shape index (κ3) is 4.08. The SMILES string of the molecule is CC(C)[C@@H](C(=O)Nc1ccc(F)c([N+](=O)[O-])c1)c1ccc(Cl)cc1. The van der Waals surface area contributed by atoms with Crippen molar-refractivity contribution in [2.24, 2.45) is 5.92 Å². The van der Waals surface area contributed by atoms with Gasteiger partial charge in [0.25, 0.3) is 0 Å². The van der Waals surface area contributed by atoms with Crippen LogP contribution < -0.4 is 5.32 Å². The van der Waals surface area contributed by atoms with Gasteiger partial charge < -0.3 is 5.32 Å². The molecule has 1 atom stereocenters. The number of benzene rings is 2. The molecular weight excluding hydrogens is 335 g/mol. The fraction of sp³-hybridized carbons (Fsp3) is 0.235. The van der Waals surface area contributed by atoms with Gasteiger partial charge in [0.05, 0.1) is 10.8 Å². The van der Waals surface area contributed by atoms with E-state index < -0.39 is 22.3 Å². The van der Waals surface area contributed by atoms with E-state index >= 15 is 0 Å². The lowest BCUT2D eigenvalue weighted by atomic mass is 9.87. The first kappa shape index (κ1) is 17.9. The predicted molar refractivity (Wildman–Crippen MR) is 90.7 cm³/mol. The Hall–Kier alpha value is -2.47. The van der Waals surface area contributed by atoms with Gasteiger partial charge in [-0.1, -0.05) is 37.6 Å². The second-order valence-electron chi connectivity index (χ2n) is 5.69. The monoisotopic (exact) mass is 350 g/mol. The lowest BCUT2D eigenvalue weighted by molar-refractivity contribution is -0.387. The Balaban J connectivity index is 2.27. The first-order chi connectivity index (χ1) is 11.3. The lowest BCUT2D eigenvalue weighted by Gasteiger charge is -2.21. The van der Waals surface area contributed by atoms with Gasteiger partial charge in [0.15, 0.2) is 0 Å². The van der Waals surface area contributed by atoms with Crippen molar-refractivity contribution in [3.05, 3.63) is 69.0 Å². The van der Waals surface area contributed by atoms with Gasteiger partial charge in [-0.15, -0.1) is 0 Å². The van der Waals surface area contributed by atoms with Crippen LogP contribution in [0, 0.1) is 21.8 Å². The number of carbonyl (C=O) groups excluding carboxylic acids is 1. The average molecular weight is 351 g/mol. The van der Waals surface area contributed by atoms with Gasteiger partial charge in [-0.2, -0.15) is 4.39 Å². The molecule has 2 aromatic rings. The largest absolute Gasteiger partial charge is 0.325 e. The summed E-state index contributed by atoms with van der Waals surface area (Å²) < 4.78 is 13.4. The highest BCUT2D eigenvalue weighted by Crippen LogP contribution is 2.28. The van der Waals surface area contributed by atoms with Crippen molar-refractivity contribution < 1.29 is 14.1 Å². The highest BCUT2D eigenvalue weighted by atomic mass is 35.5. The zero-order chi connectivity index (χ0) is 17.9. The number of halogens is 2. The summed E-state index contributed by atoms with van der Waals surface area (Å²) in [6.07, 6.45) is 0. The summed E-state index contributed by atoms with van der Waals surface area (Å²) in [7, 11) is 0. The highest BCUT2D eigenvalue weighted by molar-refractivity contribution is 6.30. The predicted octanol–water partition coefficient (Wildman–Crippen LogP) is 4.77. The molecule has 0 aliphatic rings. The summed E-state index contributed by atoms with van der Waals surface area (Å²) in [5.41, 5.74) is 0.275. The summed E-state index contributed by atoms with van der Waals surface area (Å²) >= 11 is 5.87. The number of rotatable bonds is 5. The van der Waals surface area contributed by atoms with Crippen molar-refractivity contribution in [2.45, 2.75) is 19.8 Å². The molecule has 24 heavy (non-hydrogen) atoms. The highest BCUT2D eigenvalue weighted by Gasteiger charge is 2.25. The maximum atomic E-state index is 13.4. The van der Waals surface area contributed by atoms with Crippen molar-refractivity contribution >= 4 is 28.9 Å². The van der Waals surface area contributed by atoms with E-state index in [9.17, 15) is 19.3 Å². The van der Waals surface area contributed by atoms with Crippen LogP contribution in [-0.2, 0) is 4.79 Å². The molecule has 0 heterocycles. The zero-order valence-corrected chi connectivity index (χ0v) is 13.9. The van der Waals surface area contributed by atoms with Crippen LogP contribution in [0.15, 0.2) is 42.5 Å². The van der Waals surface area contributed by atoms with Gasteiger partial charge in [0, 0.05) is 16.8 Å². The van der Waals surface area contributed by atoms with E-state index in [0.717, 1.165) is 17.7 Å². The lowest BCUT2D eigenvalue weighted by Crippen LogP contribution is -2.25. The molecule has 5 nitrogen and oxygen atoms in total. The van der Waals surface area contributed by atoms with Crippen LogP contribution in [0.5, 0.6) is 0 Å². The number of nitro benzene ring substituents is 1. The Labute approximate surface area is 143 Å². The van der Waals surface area contributed by atoms with Crippen molar-refractivity contribution in [1.82, 2.24) is 0 Å². The number of amides is 1. The van der Waals surface area contributed by atoms with Gasteiger partial charge in [-0.25, -0.2) is 0 Å². The quantitative estimate of drug-likeness (QED) is 0.623. The van der Waals surface area contributed by atoms with E-state index in [4.69, 9.17) is 11.6 Å². The van der Waals surface area contributed by atoms with E-state index in [1.807, 2.05) is 13.8 Å². The number of nitro groups is 1. The summed E-state index contributed by atoms with van der Waals surface area (Å²) in [5.74, 6) is -1.75.